The molecule has 2 rings (SSSR count). The average molecular weight is 396 g/mol. The Morgan fingerprint density at radius 3 is 2.56 bits per heavy atom. The van der Waals surface area contributed by atoms with Crippen molar-refractivity contribution in [2.45, 2.75) is 25.8 Å². The van der Waals surface area contributed by atoms with Crippen molar-refractivity contribution in [3.05, 3.63) is 19.2 Å². The number of rotatable bonds is 2. The van der Waals surface area contributed by atoms with E-state index in [4.69, 9.17) is 5.73 Å². The van der Waals surface area contributed by atoms with Crippen LogP contribution in [0, 0.1) is 5.92 Å². The molecule has 3 nitrogen and oxygen atoms in total. The van der Waals surface area contributed by atoms with Gasteiger partial charge in [-0.05, 0) is 63.6 Å². The maximum Gasteiger partial charge on any atom is 0.264 e. The first kappa shape index (κ1) is 14.5. The number of carbonyl (C=O) groups excluding carboxylic acids is 1. The van der Waals surface area contributed by atoms with Gasteiger partial charge in [0.15, 0.2) is 0 Å². The summed E-state index contributed by atoms with van der Waals surface area (Å²) in [5.41, 5.74) is 5.91. The molecular weight excluding hydrogens is 380 g/mol. The van der Waals surface area contributed by atoms with Crippen molar-refractivity contribution < 1.29 is 4.79 Å². The van der Waals surface area contributed by atoms with Crippen molar-refractivity contribution in [2.24, 2.45) is 11.7 Å². The lowest BCUT2D eigenvalue weighted by Gasteiger charge is -2.33. The van der Waals surface area contributed by atoms with E-state index in [9.17, 15) is 4.79 Å². The zero-order valence-corrected chi connectivity index (χ0v) is 14.1. The molecule has 1 aromatic heterocycles. The standard InChI is InChI=1S/C12H16Br2N2OS/c1-7(15)8-2-4-16(5-3-8)12(17)10-6-9(13)11(14)18-10/h6-8H,2-5,15H2,1H3. The number of nitrogens with zero attached hydrogens (tertiary/aromatic N) is 1. The molecule has 1 aliphatic heterocycles. The molecule has 0 radical (unpaired) electrons. The third-order valence-corrected chi connectivity index (χ3v) is 6.67. The monoisotopic (exact) mass is 394 g/mol. The molecule has 0 bridgehead atoms. The average Bonchev–Trinajstić information content (AvgIpc) is 2.69. The molecule has 2 heterocycles. The summed E-state index contributed by atoms with van der Waals surface area (Å²) in [5.74, 6) is 0.686. The minimum absolute atomic E-state index is 0.134. The second-order valence-corrected chi connectivity index (χ2v) is 7.95. The van der Waals surface area contributed by atoms with E-state index < -0.39 is 0 Å². The molecule has 0 aliphatic carbocycles. The molecule has 100 valence electrons. The Morgan fingerprint density at radius 2 is 2.11 bits per heavy atom. The zero-order chi connectivity index (χ0) is 13.3. The van der Waals surface area contributed by atoms with Gasteiger partial charge in [0.05, 0.1) is 8.66 Å². The van der Waals surface area contributed by atoms with E-state index in [1.165, 1.54) is 11.3 Å². The topological polar surface area (TPSA) is 46.3 Å². The highest BCUT2D eigenvalue weighted by Gasteiger charge is 2.26. The molecule has 6 heteroatoms. The van der Waals surface area contributed by atoms with Gasteiger partial charge in [-0.25, -0.2) is 0 Å². The van der Waals surface area contributed by atoms with Gasteiger partial charge < -0.3 is 10.6 Å². The SMILES string of the molecule is CC(N)C1CCN(C(=O)c2cc(Br)c(Br)s2)CC1. The Morgan fingerprint density at radius 1 is 1.50 bits per heavy atom. The van der Waals surface area contributed by atoms with Gasteiger partial charge in [0.25, 0.3) is 5.91 Å². The highest BCUT2D eigenvalue weighted by Crippen LogP contribution is 2.33. The van der Waals surface area contributed by atoms with E-state index in [2.05, 4.69) is 38.8 Å². The number of hydrogen-bond donors (Lipinski definition) is 1. The van der Waals surface area contributed by atoms with Gasteiger partial charge in [-0.15, -0.1) is 11.3 Å². The molecule has 1 saturated heterocycles. The summed E-state index contributed by atoms with van der Waals surface area (Å²) >= 11 is 8.31. The molecule has 18 heavy (non-hydrogen) atoms. The fraction of sp³-hybridized carbons (Fsp3) is 0.583. The second-order valence-electron chi connectivity index (χ2n) is 4.72. The van der Waals surface area contributed by atoms with Gasteiger partial charge in [0.1, 0.15) is 0 Å². The highest BCUT2D eigenvalue weighted by atomic mass is 79.9. The van der Waals surface area contributed by atoms with E-state index in [1.807, 2.05) is 11.0 Å². The Kier molecular flexibility index (Phi) is 4.86. The summed E-state index contributed by atoms with van der Waals surface area (Å²) in [7, 11) is 0. The van der Waals surface area contributed by atoms with E-state index >= 15 is 0 Å². The molecule has 1 unspecified atom stereocenters. The van der Waals surface area contributed by atoms with Gasteiger partial charge in [-0.3, -0.25) is 4.79 Å². The number of halogens is 2. The van der Waals surface area contributed by atoms with Crippen LogP contribution in [0.15, 0.2) is 14.3 Å². The van der Waals surface area contributed by atoms with Crippen molar-refractivity contribution in [1.82, 2.24) is 4.90 Å². The summed E-state index contributed by atoms with van der Waals surface area (Å²) in [6.45, 7) is 3.69. The summed E-state index contributed by atoms with van der Waals surface area (Å²) in [6, 6.07) is 2.11. The van der Waals surface area contributed by atoms with Gasteiger partial charge in [0, 0.05) is 23.6 Å². The first-order valence-electron chi connectivity index (χ1n) is 5.98. The van der Waals surface area contributed by atoms with E-state index in [0.29, 0.717) is 5.92 Å². The third-order valence-electron chi connectivity index (χ3n) is 3.43. The quantitative estimate of drug-likeness (QED) is 0.833. The van der Waals surface area contributed by atoms with Crippen LogP contribution in [0.3, 0.4) is 0 Å². The van der Waals surface area contributed by atoms with E-state index in [1.54, 1.807) is 0 Å². The van der Waals surface area contributed by atoms with Crippen LogP contribution >= 0.6 is 43.2 Å². The molecule has 1 atom stereocenters. The molecule has 1 aromatic rings. The number of piperidine rings is 1. The van der Waals surface area contributed by atoms with Gasteiger partial charge in [-0.1, -0.05) is 0 Å². The number of nitrogens with two attached hydrogens (primary N) is 1. The van der Waals surface area contributed by atoms with Crippen LogP contribution in [0.5, 0.6) is 0 Å². The van der Waals surface area contributed by atoms with Crippen molar-refractivity contribution in [1.29, 1.82) is 0 Å². The van der Waals surface area contributed by atoms with Crippen LogP contribution in [-0.4, -0.2) is 29.9 Å². The van der Waals surface area contributed by atoms with E-state index in [-0.39, 0.29) is 11.9 Å². The maximum atomic E-state index is 12.3. The van der Waals surface area contributed by atoms with Gasteiger partial charge in [0.2, 0.25) is 0 Å². The zero-order valence-electron chi connectivity index (χ0n) is 10.2. The fourth-order valence-electron chi connectivity index (χ4n) is 2.24. The predicted octanol–water partition coefficient (Wildman–Crippen LogP) is 3.47. The second kappa shape index (κ2) is 6.03. The Bertz CT molecular complexity index is 420. The van der Waals surface area contributed by atoms with Crippen LogP contribution in [0.1, 0.15) is 29.4 Å². The minimum atomic E-state index is 0.134. The highest BCUT2D eigenvalue weighted by molar-refractivity contribution is 9.13. The number of amides is 1. The lowest BCUT2D eigenvalue weighted by molar-refractivity contribution is 0.0686. The summed E-state index contributed by atoms with van der Waals surface area (Å²) in [5, 5.41) is 0. The normalized spacial score (nSPS) is 19.0. The molecule has 1 fully saturated rings. The number of thiophene rings is 1. The first-order valence-corrected chi connectivity index (χ1v) is 8.39. The van der Waals surface area contributed by atoms with Crippen LogP contribution in [0.4, 0.5) is 0 Å². The number of carbonyl (C=O) groups is 1. The molecule has 1 aliphatic rings. The lowest BCUT2D eigenvalue weighted by Crippen LogP contribution is -2.42. The lowest BCUT2D eigenvalue weighted by atomic mass is 9.91. The summed E-state index contributed by atoms with van der Waals surface area (Å²) < 4.78 is 1.91. The number of hydrogen-bond acceptors (Lipinski definition) is 3. The molecule has 1 amide bonds. The van der Waals surface area contributed by atoms with Crippen molar-refractivity contribution in [2.75, 3.05) is 13.1 Å². The Hall–Kier alpha value is 0.0900. The molecule has 0 spiro atoms. The maximum absolute atomic E-state index is 12.3. The van der Waals surface area contributed by atoms with Crippen molar-refractivity contribution in [3.8, 4) is 0 Å². The Labute approximate surface area is 128 Å². The number of likely N-dealkylation sites (tertiary alicyclic amines) is 1. The largest absolute Gasteiger partial charge is 0.338 e. The summed E-state index contributed by atoms with van der Waals surface area (Å²) in [6.07, 6.45) is 2.02. The molecule has 0 aromatic carbocycles. The van der Waals surface area contributed by atoms with Crippen LogP contribution < -0.4 is 5.73 Å². The molecule has 0 saturated carbocycles. The van der Waals surface area contributed by atoms with Crippen molar-refractivity contribution in [3.63, 3.8) is 0 Å². The smallest absolute Gasteiger partial charge is 0.264 e. The van der Waals surface area contributed by atoms with Crippen LogP contribution in [0.2, 0.25) is 0 Å². The van der Waals surface area contributed by atoms with Crippen LogP contribution in [-0.2, 0) is 0 Å². The van der Waals surface area contributed by atoms with E-state index in [0.717, 1.165) is 39.1 Å². The fourth-order valence-corrected chi connectivity index (χ4v) is 4.24. The predicted molar refractivity (Wildman–Crippen MR) is 82.0 cm³/mol. The third kappa shape index (κ3) is 3.15. The summed E-state index contributed by atoms with van der Waals surface area (Å²) in [4.78, 5) is 15.0. The molecular formula is C12H16Br2N2OS. The van der Waals surface area contributed by atoms with Gasteiger partial charge in [-0.2, -0.15) is 0 Å². The van der Waals surface area contributed by atoms with Crippen LogP contribution in [0.25, 0.3) is 0 Å². The van der Waals surface area contributed by atoms with Crippen molar-refractivity contribution >= 4 is 49.1 Å². The van der Waals surface area contributed by atoms with Gasteiger partial charge >= 0.3 is 0 Å². The first-order chi connectivity index (χ1) is 8.49. The minimum Gasteiger partial charge on any atom is -0.338 e. The molecule has 2 N–H and O–H groups in total. The Balaban J connectivity index is 1.99.